The topological polar surface area (TPSA) is 76.0 Å². The molecule has 150 valence electrons. The predicted molar refractivity (Wildman–Crippen MR) is 115 cm³/mol. The highest BCUT2D eigenvalue weighted by Gasteiger charge is 2.20. The van der Waals surface area contributed by atoms with Crippen LogP contribution in [-0.2, 0) is 11.3 Å². The highest BCUT2D eigenvalue weighted by Crippen LogP contribution is 2.23. The Labute approximate surface area is 174 Å². The lowest BCUT2D eigenvalue weighted by Gasteiger charge is -2.09. The second-order valence-electron chi connectivity index (χ2n) is 7.07. The Balaban J connectivity index is 1.71. The fourth-order valence-electron chi connectivity index (χ4n) is 2.79. The number of anilines is 2. The first-order valence-corrected chi connectivity index (χ1v) is 9.72. The number of aryl methyl sites for hydroxylation is 1. The van der Waals surface area contributed by atoms with Gasteiger partial charge in [-0.05, 0) is 36.8 Å². The Morgan fingerprint density at radius 1 is 1.00 bits per heavy atom. The minimum atomic E-state index is -0.328. The van der Waals surface area contributed by atoms with Gasteiger partial charge in [-0.3, -0.25) is 9.59 Å². The minimum Gasteiger partial charge on any atom is -0.326 e. The second kappa shape index (κ2) is 8.92. The van der Waals surface area contributed by atoms with Crippen molar-refractivity contribution in [2.75, 3.05) is 10.6 Å². The first kappa shape index (κ1) is 20.6. The summed E-state index contributed by atoms with van der Waals surface area (Å²) in [5, 5.41) is 10.3. The molecule has 1 heterocycles. The third-order valence-corrected chi connectivity index (χ3v) is 4.79. The van der Waals surface area contributed by atoms with E-state index in [9.17, 15) is 9.59 Å². The average molecular weight is 411 g/mol. The van der Waals surface area contributed by atoms with Crippen molar-refractivity contribution < 1.29 is 9.59 Å². The zero-order valence-electron chi connectivity index (χ0n) is 16.6. The van der Waals surface area contributed by atoms with Crippen LogP contribution in [0.3, 0.4) is 0 Å². The van der Waals surface area contributed by atoms with E-state index in [4.69, 9.17) is 11.6 Å². The Morgan fingerprint density at radius 3 is 2.17 bits per heavy atom. The lowest BCUT2D eigenvalue weighted by molar-refractivity contribution is -0.118. The summed E-state index contributed by atoms with van der Waals surface area (Å²) in [7, 11) is 0. The average Bonchev–Trinajstić information content (AvgIpc) is 2.97. The molecule has 0 saturated carbocycles. The van der Waals surface area contributed by atoms with Crippen LogP contribution >= 0.6 is 11.6 Å². The lowest BCUT2D eigenvalue weighted by atomic mass is 10.2. The molecule has 1 aromatic heterocycles. The van der Waals surface area contributed by atoms with Gasteiger partial charge in [0, 0.05) is 17.3 Å². The quantitative estimate of drug-likeness (QED) is 0.616. The molecule has 0 atom stereocenters. The number of hydrogen-bond donors (Lipinski definition) is 2. The van der Waals surface area contributed by atoms with Gasteiger partial charge in [-0.15, -0.1) is 0 Å². The van der Waals surface area contributed by atoms with E-state index in [2.05, 4.69) is 15.7 Å². The number of carbonyl (C=O) groups excluding carboxylic acids is 2. The van der Waals surface area contributed by atoms with Crippen LogP contribution in [0.5, 0.6) is 0 Å². The van der Waals surface area contributed by atoms with E-state index in [0.717, 1.165) is 5.56 Å². The maximum absolute atomic E-state index is 12.8. The van der Waals surface area contributed by atoms with Crippen molar-refractivity contribution in [3.63, 3.8) is 0 Å². The van der Waals surface area contributed by atoms with E-state index in [1.165, 1.54) is 0 Å². The number of nitrogens with zero attached hydrogens (tertiary/aromatic N) is 2. The maximum atomic E-state index is 12.8. The molecule has 0 radical (unpaired) electrons. The van der Waals surface area contributed by atoms with E-state index < -0.39 is 0 Å². The van der Waals surface area contributed by atoms with Gasteiger partial charge in [0.05, 0.1) is 17.8 Å². The van der Waals surface area contributed by atoms with Gasteiger partial charge in [0.25, 0.3) is 5.91 Å². The fraction of sp³-hybridized carbons (Fsp3) is 0.227. The van der Waals surface area contributed by atoms with Crippen molar-refractivity contribution >= 4 is 34.8 Å². The number of rotatable bonds is 6. The van der Waals surface area contributed by atoms with Gasteiger partial charge in [-0.1, -0.05) is 55.8 Å². The molecule has 0 fully saturated rings. The highest BCUT2D eigenvalue weighted by atomic mass is 35.5. The van der Waals surface area contributed by atoms with Crippen molar-refractivity contribution in [1.29, 1.82) is 0 Å². The van der Waals surface area contributed by atoms with Crippen LogP contribution in [0.25, 0.3) is 0 Å². The molecule has 3 rings (SSSR count). The van der Waals surface area contributed by atoms with Crippen LogP contribution < -0.4 is 10.6 Å². The van der Waals surface area contributed by atoms with Crippen molar-refractivity contribution in [2.24, 2.45) is 5.92 Å². The predicted octanol–water partition coefficient (Wildman–Crippen LogP) is 4.74. The first-order chi connectivity index (χ1) is 13.8. The second-order valence-corrected chi connectivity index (χ2v) is 7.43. The number of amides is 2. The Bertz CT molecular complexity index is 1010. The van der Waals surface area contributed by atoms with Gasteiger partial charge in [0.1, 0.15) is 5.15 Å². The molecule has 0 saturated heterocycles. The zero-order valence-corrected chi connectivity index (χ0v) is 17.3. The Hall–Kier alpha value is -3.12. The van der Waals surface area contributed by atoms with Gasteiger partial charge >= 0.3 is 0 Å². The monoisotopic (exact) mass is 410 g/mol. The summed E-state index contributed by atoms with van der Waals surface area (Å²) in [6.45, 7) is 5.90. The molecule has 29 heavy (non-hydrogen) atoms. The molecule has 0 aliphatic heterocycles. The largest absolute Gasteiger partial charge is 0.326 e. The number of benzene rings is 2. The maximum Gasteiger partial charge on any atom is 0.260 e. The van der Waals surface area contributed by atoms with Crippen LogP contribution in [-0.4, -0.2) is 21.6 Å². The third-order valence-electron chi connectivity index (χ3n) is 4.40. The minimum absolute atomic E-state index is 0.0602. The standard InChI is InChI=1S/C22H23ClN4O2/c1-14(2)21(28)24-17-9-11-18(12-10-17)25-22(29)19-15(3)26-27(20(19)23)13-16-7-5-4-6-8-16/h4-12,14H,13H2,1-3H3,(H,24,28)(H,25,29). The SMILES string of the molecule is Cc1nn(Cc2ccccc2)c(Cl)c1C(=O)Nc1ccc(NC(=O)C(C)C)cc1. The van der Waals surface area contributed by atoms with Gasteiger partial charge in [0.2, 0.25) is 5.91 Å². The summed E-state index contributed by atoms with van der Waals surface area (Å²) < 4.78 is 1.62. The number of aromatic nitrogens is 2. The third kappa shape index (κ3) is 5.03. The van der Waals surface area contributed by atoms with Crippen molar-refractivity contribution in [3.8, 4) is 0 Å². The normalized spacial score (nSPS) is 10.8. The molecule has 6 nitrogen and oxygen atoms in total. The summed E-state index contributed by atoms with van der Waals surface area (Å²) in [6, 6.07) is 16.7. The van der Waals surface area contributed by atoms with E-state index in [1.54, 1.807) is 35.9 Å². The van der Waals surface area contributed by atoms with Crippen LogP contribution in [0.2, 0.25) is 5.15 Å². The highest BCUT2D eigenvalue weighted by molar-refractivity contribution is 6.33. The summed E-state index contributed by atoms with van der Waals surface area (Å²) >= 11 is 6.44. The molecule has 0 aliphatic carbocycles. The molecular formula is C22H23ClN4O2. The zero-order chi connectivity index (χ0) is 21.0. The molecule has 7 heteroatoms. The molecule has 2 N–H and O–H groups in total. The van der Waals surface area contributed by atoms with E-state index in [1.807, 2.05) is 44.2 Å². The van der Waals surface area contributed by atoms with Gasteiger partial charge in [-0.25, -0.2) is 4.68 Å². The smallest absolute Gasteiger partial charge is 0.260 e. The summed E-state index contributed by atoms with van der Waals surface area (Å²) in [6.07, 6.45) is 0. The molecule has 2 aromatic carbocycles. The number of halogens is 1. The summed E-state index contributed by atoms with van der Waals surface area (Å²) in [4.78, 5) is 24.5. The summed E-state index contributed by atoms with van der Waals surface area (Å²) in [5.74, 6) is -0.493. The molecular weight excluding hydrogens is 388 g/mol. The van der Waals surface area contributed by atoms with Gasteiger partial charge in [-0.2, -0.15) is 5.10 Å². The van der Waals surface area contributed by atoms with Gasteiger partial charge in [0.15, 0.2) is 0 Å². The Kier molecular flexibility index (Phi) is 6.34. The summed E-state index contributed by atoms with van der Waals surface area (Å²) in [5.41, 5.74) is 3.22. The first-order valence-electron chi connectivity index (χ1n) is 9.34. The van der Waals surface area contributed by atoms with E-state index in [-0.39, 0.29) is 17.7 Å². The van der Waals surface area contributed by atoms with E-state index >= 15 is 0 Å². The van der Waals surface area contributed by atoms with Crippen LogP contribution in [0.15, 0.2) is 54.6 Å². The Morgan fingerprint density at radius 2 is 1.59 bits per heavy atom. The van der Waals surface area contributed by atoms with Crippen LogP contribution in [0.4, 0.5) is 11.4 Å². The molecule has 0 bridgehead atoms. The van der Waals surface area contributed by atoms with Crippen LogP contribution in [0, 0.1) is 12.8 Å². The molecule has 3 aromatic rings. The molecule has 0 spiro atoms. The van der Waals surface area contributed by atoms with Crippen molar-refractivity contribution in [3.05, 3.63) is 76.6 Å². The van der Waals surface area contributed by atoms with Gasteiger partial charge < -0.3 is 10.6 Å². The van der Waals surface area contributed by atoms with Crippen molar-refractivity contribution in [2.45, 2.75) is 27.3 Å². The molecule has 0 aliphatic rings. The molecule has 2 amide bonds. The lowest BCUT2D eigenvalue weighted by Crippen LogP contribution is -2.17. The molecule has 0 unspecified atom stereocenters. The van der Waals surface area contributed by atoms with Crippen LogP contribution in [0.1, 0.15) is 35.5 Å². The number of hydrogen-bond acceptors (Lipinski definition) is 3. The number of nitrogens with one attached hydrogen (secondary N) is 2. The van der Waals surface area contributed by atoms with E-state index in [0.29, 0.717) is 34.3 Å². The number of carbonyl (C=O) groups is 2. The van der Waals surface area contributed by atoms with Crippen molar-refractivity contribution in [1.82, 2.24) is 9.78 Å². The fourth-order valence-corrected chi connectivity index (χ4v) is 3.11.